The number of rotatable bonds is 3. The van der Waals surface area contributed by atoms with Crippen LogP contribution in [0, 0.1) is 23.0 Å². The van der Waals surface area contributed by atoms with E-state index in [2.05, 4.69) is 171 Å². The van der Waals surface area contributed by atoms with Gasteiger partial charge in [0, 0.05) is 27.1 Å². The van der Waals surface area contributed by atoms with Gasteiger partial charge in [-0.2, -0.15) is 5.26 Å². The van der Waals surface area contributed by atoms with E-state index >= 15 is 8.78 Å². The second-order valence-corrected chi connectivity index (χ2v) is 20.2. The van der Waals surface area contributed by atoms with Gasteiger partial charge in [-0.1, -0.05) is 144 Å². The third-order valence-electron chi connectivity index (χ3n) is 12.0. The lowest BCUT2D eigenvalue weighted by Gasteiger charge is -2.23. The molecule has 3 nitrogen and oxygen atoms in total. The van der Waals surface area contributed by atoms with E-state index in [9.17, 15) is 5.26 Å². The Balaban J connectivity index is 1.62. The smallest absolute Gasteiger partial charge is 0.166 e. The van der Waals surface area contributed by atoms with E-state index in [-0.39, 0.29) is 27.2 Å². The SMILES string of the molecule is CC(C)(C)c1ccc2c3ccc(C(C)(C)C)cc3n(-c3cc(-c4cccc(F)c4F)cc(-n4c5cc(C(C)(C)C)ccc5c5ccc(C(C)(C)C)cc54)c3C#N)c2c1. The third-order valence-corrected chi connectivity index (χ3v) is 12.0. The van der Waals surface area contributed by atoms with Gasteiger partial charge < -0.3 is 9.13 Å². The average Bonchev–Trinajstić information content (AvgIpc) is 3.65. The third kappa shape index (κ3) is 6.38. The second kappa shape index (κ2) is 13.1. The fourth-order valence-electron chi connectivity index (χ4n) is 8.38. The molecule has 0 aliphatic rings. The molecule has 6 aromatic carbocycles. The van der Waals surface area contributed by atoms with Crippen LogP contribution in [0.25, 0.3) is 66.1 Å². The maximum atomic E-state index is 16.1. The molecular formula is C53H53F2N3. The van der Waals surface area contributed by atoms with Crippen molar-refractivity contribution in [2.24, 2.45) is 0 Å². The Hall–Kier alpha value is -5.73. The fraction of sp³-hybridized carbons (Fsp3) is 0.302. The summed E-state index contributed by atoms with van der Waals surface area (Å²) in [6, 6.07) is 37.2. The molecule has 0 atom stereocenters. The zero-order chi connectivity index (χ0) is 41.9. The molecule has 0 radical (unpaired) electrons. The summed E-state index contributed by atoms with van der Waals surface area (Å²) in [5.74, 6) is -1.85. The standard InChI is InChI=1S/C53H53F2N3/c1-50(2,3)32-16-20-37-38-21-17-33(51(4,5)6)27-46(38)57(45(37)26-32)43-24-31(36-14-13-15-42(54)49(36)55)25-44(41(43)30-56)58-47-28-34(52(7,8)9)18-22-39(47)40-23-19-35(29-48(40)58)53(10,11)12/h13-29H,1-12H3. The molecule has 0 saturated carbocycles. The van der Waals surface area contributed by atoms with E-state index in [1.807, 2.05) is 12.1 Å². The molecule has 8 rings (SSSR count). The summed E-state index contributed by atoms with van der Waals surface area (Å²) >= 11 is 0. The highest BCUT2D eigenvalue weighted by Crippen LogP contribution is 2.44. The lowest BCUT2D eigenvalue weighted by molar-refractivity contribution is 0.511. The topological polar surface area (TPSA) is 33.6 Å². The van der Waals surface area contributed by atoms with Crippen molar-refractivity contribution in [2.45, 2.75) is 105 Å². The van der Waals surface area contributed by atoms with Gasteiger partial charge in [0.1, 0.15) is 11.6 Å². The zero-order valence-corrected chi connectivity index (χ0v) is 35.9. The van der Waals surface area contributed by atoms with Gasteiger partial charge in [-0.25, -0.2) is 8.78 Å². The number of hydrogen-bond acceptors (Lipinski definition) is 1. The van der Waals surface area contributed by atoms with E-state index in [0.717, 1.165) is 71.9 Å². The molecule has 0 fully saturated rings. The minimum absolute atomic E-state index is 0.130. The van der Waals surface area contributed by atoms with Crippen molar-refractivity contribution in [1.29, 1.82) is 5.26 Å². The van der Waals surface area contributed by atoms with Crippen LogP contribution in [0.15, 0.2) is 103 Å². The minimum atomic E-state index is -0.927. The predicted molar refractivity (Wildman–Crippen MR) is 240 cm³/mol. The monoisotopic (exact) mass is 769 g/mol. The molecule has 0 spiro atoms. The number of nitriles is 1. The van der Waals surface area contributed by atoms with Gasteiger partial charge in [-0.15, -0.1) is 0 Å². The molecule has 0 aliphatic carbocycles. The Morgan fingerprint density at radius 2 is 0.776 bits per heavy atom. The molecule has 0 amide bonds. The summed E-state index contributed by atoms with van der Waals surface area (Å²) in [7, 11) is 0. The van der Waals surface area contributed by atoms with Gasteiger partial charge in [0.15, 0.2) is 11.6 Å². The highest BCUT2D eigenvalue weighted by atomic mass is 19.2. The van der Waals surface area contributed by atoms with Crippen molar-refractivity contribution in [1.82, 2.24) is 9.13 Å². The predicted octanol–water partition coefficient (Wildman–Crippen LogP) is 14.9. The first-order valence-corrected chi connectivity index (χ1v) is 20.3. The molecule has 2 heterocycles. The molecule has 0 aliphatic heterocycles. The van der Waals surface area contributed by atoms with Crippen LogP contribution in [0.5, 0.6) is 0 Å². The normalized spacial score (nSPS) is 13.0. The zero-order valence-electron chi connectivity index (χ0n) is 35.9. The fourth-order valence-corrected chi connectivity index (χ4v) is 8.38. The number of fused-ring (bicyclic) bond motifs is 6. The van der Waals surface area contributed by atoms with Gasteiger partial charge >= 0.3 is 0 Å². The number of benzene rings is 6. The Kier molecular flexibility index (Phi) is 8.87. The number of aromatic nitrogens is 2. The molecular weight excluding hydrogens is 717 g/mol. The van der Waals surface area contributed by atoms with Crippen LogP contribution < -0.4 is 0 Å². The quantitative estimate of drug-likeness (QED) is 0.176. The van der Waals surface area contributed by atoms with Crippen molar-refractivity contribution in [3.05, 3.63) is 143 Å². The van der Waals surface area contributed by atoms with E-state index in [1.165, 1.54) is 0 Å². The van der Waals surface area contributed by atoms with E-state index < -0.39 is 11.6 Å². The van der Waals surface area contributed by atoms with Gasteiger partial charge in [0.2, 0.25) is 0 Å². The van der Waals surface area contributed by atoms with Crippen LogP contribution in [-0.4, -0.2) is 9.13 Å². The summed E-state index contributed by atoms with van der Waals surface area (Å²) in [5.41, 5.74) is 10.0. The van der Waals surface area contributed by atoms with E-state index in [1.54, 1.807) is 12.1 Å². The minimum Gasteiger partial charge on any atom is -0.308 e. The molecule has 0 N–H and O–H groups in total. The largest absolute Gasteiger partial charge is 0.308 e. The lowest BCUT2D eigenvalue weighted by atomic mass is 9.86. The molecule has 0 bridgehead atoms. The van der Waals surface area contributed by atoms with Crippen LogP contribution >= 0.6 is 0 Å². The van der Waals surface area contributed by atoms with Crippen molar-refractivity contribution >= 4 is 43.6 Å². The molecule has 8 aromatic rings. The van der Waals surface area contributed by atoms with Crippen LogP contribution in [0.1, 0.15) is 111 Å². The highest BCUT2D eigenvalue weighted by molar-refractivity contribution is 6.12. The van der Waals surface area contributed by atoms with Crippen molar-refractivity contribution in [3.63, 3.8) is 0 Å². The van der Waals surface area contributed by atoms with Crippen LogP contribution in [0.3, 0.4) is 0 Å². The number of nitrogens with zero attached hydrogens (tertiary/aromatic N) is 3. The molecule has 0 unspecified atom stereocenters. The Morgan fingerprint density at radius 1 is 0.448 bits per heavy atom. The van der Waals surface area contributed by atoms with E-state index in [0.29, 0.717) is 22.5 Å². The molecule has 0 saturated heterocycles. The lowest BCUT2D eigenvalue weighted by Crippen LogP contribution is -2.12. The highest BCUT2D eigenvalue weighted by Gasteiger charge is 2.27. The van der Waals surface area contributed by atoms with Gasteiger partial charge in [-0.3, -0.25) is 0 Å². The summed E-state index contributed by atoms with van der Waals surface area (Å²) in [6.07, 6.45) is 0. The van der Waals surface area contributed by atoms with Crippen LogP contribution in [0.2, 0.25) is 0 Å². The van der Waals surface area contributed by atoms with E-state index in [4.69, 9.17) is 0 Å². The average molecular weight is 770 g/mol. The van der Waals surface area contributed by atoms with Crippen molar-refractivity contribution in [3.8, 4) is 28.6 Å². The molecule has 5 heteroatoms. The first-order chi connectivity index (χ1) is 27.1. The van der Waals surface area contributed by atoms with Crippen LogP contribution in [0.4, 0.5) is 8.78 Å². The van der Waals surface area contributed by atoms with Gasteiger partial charge in [-0.05, 0) is 91.9 Å². The maximum absolute atomic E-state index is 16.1. The van der Waals surface area contributed by atoms with Crippen LogP contribution in [-0.2, 0) is 21.7 Å². The van der Waals surface area contributed by atoms with Gasteiger partial charge in [0.05, 0.1) is 33.4 Å². The maximum Gasteiger partial charge on any atom is 0.166 e. The molecule has 58 heavy (non-hydrogen) atoms. The number of hydrogen-bond donors (Lipinski definition) is 0. The first-order valence-electron chi connectivity index (χ1n) is 20.3. The number of halogens is 2. The summed E-state index contributed by atoms with van der Waals surface area (Å²) in [6.45, 7) is 26.4. The molecule has 2 aromatic heterocycles. The van der Waals surface area contributed by atoms with Crippen molar-refractivity contribution < 1.29 is 8.78 Å². The van der Waals surface area contributed by atoms with Crippen molar-refractivity contribution in [2.75, 3.05) is 0 Å². The second-order valence-electron chi connectivity index (χ2n) is 20.2. The van der Waals surface area contributed by atoms with Gasteiger partial charge in [0.25, 0.3) is 0 Å². The first kappa shape index (κ1) is 39.1. The molecule has 294 valence electrons. The summed E-state index contributed by atoms with van der Waals surface area (Å²) < 4.78 is 35.7. The summed E-state index contributed by atoms with van der Waals surface area (Å²) in [4.78, 5) is 0. The Morgan fingerprint density at radius 3 is 1.07 bits per heavy atom. The Bertz CT molecular complexity index is 2700. The summed E-state index contributed by atoms with van der Waals surface area (Å²) in [5, 5.41) is 15.8. The Labute approximate surface area is 341 Å².